The molecule has 1 aromatic rings. The number of nitrogens with one attached hydrogen (secondary N) is 1. The number of hydrogen-bond acceptors (Lipinski definition) is 4. The molecule has 5 nitrogen and oxygen atoms in total. The van der Waals surface area contributed by atoms with Gasteiger partial charge in [0.15, 0.2) is 0 Å². The quantitative estimate of drug-likeness (QED) is 0.481. The van der Waals surface area contributed by atoms with Crippen LogP contribution < -0.4 is 5.43 Å². The van der Waals surface area contributed by atoms with Crippen LogP contribution in [0, 0.1) is 0 Å². The molecule has 1 rings (SSSR count). The Morgan fingerprint density at radius 2 is 2.00 bits per heavy atom. The van der Waals surface area contributed by atoms with Gasteiger partial charge in [0.2, 0.25) is 0 Å². The second-order valence-electron chi connectivity index (χ2n) is 2.74. The maximum atomic E-state index is 8.92. The first-order valence-corrected chi connectivity index (χ1v) is 4.29. The fourth-order valence-corrected chi connectivity index (χ4v) is 0.799. The number of aliphatic hydroxyl groups excluding tert-OH is 2. The van der Waals surface area contributed by atoms with Crippen molar-refractivity contribution in [2.45, 2.75) is 6.10 Å². The van der Waals surface area contributed by atoms with Crippen molar-refractivity contribution in [2.75, 3.05) is 18.6 Å². The minimum Gasteiger partial charge on any atom is -0.394 e. The van der Waals surface area contributed by atoms with Gasteiger partial charge in [0.1, 0.15) is 0 Å². The highest BCUT2D eigenvalue weighted by Gasteiger charge is 1.97. The number of rotatable bonds is 5. The zero-order valence-corrected chi connectivity index (χ0v) is 7.67. The number of nitrogens with zero attached hydrogens (tertiary/aromatic N) is 2. The fraction of sp³-hybridized carbons (Fsp3) is 0.333. The summed E-state index contributed by atoms with van der Waals surface area (Å²) in [4.78, 5) is 0. The van der Waals surface area contributed by atoms with E-state index in [9.17, 15) is 0 Å². The molecule has 0 radical (unpaired) electrons. The van der Waals surface area contributed by atoms with Gasteiger partial charge in [-0.1, -0.05) is 23.4 Å². The third-order valence-corrected chi connectivity index (χ3v) is 1.53. The summed E-state index contributed by atoms with van der Waals surface area (Å²) in [7, 11) is 0. The SMILES string of the molecule is OCC(O)CN=NNc1ccccc1. The number of benzene rings is 1. The second kappa shape index (κ2) is 6.06. The van der Waals surface area contributed by atoms with Gasteiger partial charge in [-0.15, -0.1) is 0 Å². The van der Waals surface area contributed by atoms with Gasteiger partial charge in [0.05, 0.1) is 24.9 Å². The lowest BCUT2D eigenvalue weighted by Crippen LogP contribution is -2.15. The molecule has 0 aliphatic heterocycles. The molecular formula is C9H13N3O2. The zero-order chi connectivity index (χ0) is 10.2. The maximum absolute atomic E-state index is 8.92. The van der Waals surface area contributed by atoms with Crippen LogP contribution in [0.2, 0.25) is 0 Å². The van der Waals surface area contributed by atoms with Crippen LogP contribution in [0.5, 0.6) is 0 Å². The minimum absolute atomic E-state index is 0.0936. The molecule has 1 aromatic carbocycles. The summed E-state index contributed by atoms with van der Waals surface area (Å²) < 4.78 is 0. The smallest absolute Gasteiger partial charge is 0.0984 e. The van der Waals surface area contributed by atoms with Gasteiger partial charge in [-0.05, 0) is 12.1 Å². The number of para-hydroxylation sites is 1. The molecule has 3 N–H and O–H groups in total. The van der Waals surface area contributed by atoms with E-state index < -0.39 is 6.10 Å². The van der Waals surface area contributed by atoms with Crippen molar-refractivity contribution < 1.29 is 10.2 Å². The van der Waals surface area contributed by atoms with Gasteiger partial charge >= 0.3 is 0 Å². The summed E-state index contributed by atoms with van der Waals surface area (Å²) in [6.07, 6.45) is -0.837. The summed E-state index contributed by atoms with van der Waals surface area (Å²) >= 11 is 0. The lowest BCUT2D eigenvalue weighted by Gasteiger charge is -2.00. The summed E-state index contributed by atoms with van der Waals surface area (Å²) in [6, 6.07) is 9.35. The van der Waals surface area contributed by atoms with E-state index in [4.69, 9.17) is 10.2 Å². The Morgan fingerprint density at radius 1 is 1.29 bits per heavy atom. The van der Waals surface area contributed by atoms with Crippen molar-refractivity contribution in [1.82, 2.24) is 0 Å². The van der Waals surface area contributed by atoms with Gasteiger partial charge < -0.3 is 10.2 Å². The van der Waals surface area contributed by atoms with Gasteiger partial charge in [-0.3, -0.25) is 5.43 Å². The predicted molar refractivity (Wildman–Crippen MR) is 52.9 cm³/mol. The molecule has 76 valence electrons. The molecule has 0 aliphatic rings. The molecule has 0 fully saturated rings. The molecule has 0 aliphatic carbocycles. The molecule has 1 atom stereocenters. The van der Waals surface area contributed by atoms with Crippen molar-refractivity contribution >= 4 is 5.69 Å². The van der Waals surface area contributed by atoms with Crippen molar-refractivity contribution in [1.29, 1.82) is 0 Å². The van der Waals surface area contributed by atoms with Crippen LogP contribution in [0.15, 0.2) is 40.7 Å². The number of hydrogen-bond donors (Lipinski definition) is 3. The molecule has 0 aromatic heterocycles. The van der Waals surface area contributed by atoms with Gasteiger partial charge in [0, 0.05) is 0 Å². The Morgan fingerprint density at radius 3 is 2.64 bits per heavy atom. The van der Waals surface area contributed by atoms with E-state index in [1.807, 2.05) is 30.3 Å². The lowest BCUT2D eigenvalue weighted by atomic mass is 10.3. The van der Waals surface area contributed by atoms with Crippen LogP contribution in [-0.2, 0) is 0 Å². The first-order valence-electron chi connectivity index (χ1n) is 4.29. The lowest BCUT2D eigenvalue weighted by molar-refractivity contribution is 0.101. The van der Waals surface area contributed by atoms with Crippen LogP contribution in [0.3, 0.4) is 0 Å². The summed E-state index contributed by atoms with van der Waals surface area (Å²) in [5.41, 5.74) is 3.52. The highest BCUT2D eigenvalue weighted by Crippen LogP contribution is 2.04. The molecule has 14 heavy (non-hydrogen) atoms. The molecule has 5 heteroatoms. The van der Waals surface area contributed by atoms with Gasteiger partial charge in [-0.2, -0.15) is 5.11 Å². The van der Waals surface area contributed by atoms with Crippen molar-refractivity contribution in [2.24, 2.45) is 10.3 Å². The molecule has 0 bridgehead atoms. The monoisotopic (exact) mass is 195 g/mol. The Hall–Kier alpha value is -1.46. The van der Waals surface area contributed by atoms with Crippen LogP contribution >= 0.6 is 0 Å². The van der Waals surface area contributed by atoms with E-state index in [2.05, 4.69) is 15.8 Å². The molecule has 1 unspecified atom stereocenters. The molecule has 0 saturated heterocycles. The Balaban J connectivity index is 2.27. The molecule has 0 amide bonds. The third kappa shape index (κ3) is 3.97. The second-order valence-corrected chi connectivity index (χ2v) is 2.74. The van der Waals surface area contributed by atoms with E-state index in [0.717, 1.165) is 5.69 Å². The Kier molecular flexibility index (Phi) is 4.60. The first kappa shape index (κ1) is 10.6. The first-order chi connectivity index (χ1) is 6.83. The Bertz CT molecular complexity index is 277. The zero-order valence-electron chi connectivity index (χ0n) is 7.67. The highest BCUT2D eigenvalue weighted by molar-refractivity contribution is 5.41. The molecule has 0 saturated carbocycles. The highest BCUT2D eigenvalue weighted by atomic mass is 16.3. The van der Waals surface area contributed by atoms with E-state index >= 15 is 0 Å². The normalized spacial score (nSPS) is 13.0. The average Bonchev–Trinajstić information content (AvgIpc) is 2.25. The van der Waals surface area contributed by atoms with Crippen LogP contribution in [-0.4, -0.2) is 29.5 Å². The topological polar surface area (TPSA) is 77.2 Å². The van der Waals surface area contributed by atoms with Crippen LogP contribution in [0.4, 0.5) is 5.69 Å². The predicted octanol–water partition coefficient (Wildman–Crippen LogP) is 0.819. The summed E-state index contributed by atoms with van der Waals surface area (Å²) in [6.45, 7) is -0.208. The maximum Gasteiger partial charge on any atom is 0.0984 e. The third-order valence-electron chi connectivity index (χ3n) is 1.53. The molecule has 0 spiro atoms. The Labute approximate surface area is 82.1 Å². The van der Waals surface area contributed by atoms with Crippen molar-refractivity contribution in [3.05, 3.63) is 30.3 Å². The largest absolute Gasteiger partial charge is 0.394 e. The van der Waals surface area contributed by atoms with Crippen molar-refractivity contribution in [3.63, 3.8) is 0 Å². The van der Waals surface area contributed by atoms with E-state index in [1.54, 1.807) is 0 Å². The summed E-state index contributed by atoms with van der Waals surface area (Å²) in [5, 5.41) is 24.7. The van der Waals surface area contributed by atoms with Crippen LogP contribution in [0.25, 0.3) is 0 Å². The van der Waals surface area contributed by atoms with Crippen LogP contribution in [0.1, 0.15) is 0 Å². The minimum atomic E-state index is -0.837. The standard InChI is InChI=1S/C9H13N3O2/c13-7-9(14)6-10-12-11-8-4-2-1-3-5-8/h1-5,9,13-14H,6-7H2,(H,10,11). The number of anilines is 1. The van der Waals surface area contributed by atoms with Gasteiger partial charge in [-0.25, -0.2) is 0 Å². The van der Waals surface area contributed by atoms with Gasteiger partial charge in [0.25, 0.3) is 0 Å². The van der Waals surface area contributed by atoms with E-state index in [-0.39, 0.29) is 13.2 Å². The van der Waals surface area contributed by atoms with E-state index in [0.29, 0.717) is 0 Å². The van der Waals surface area contributed by atoms with E-state index in [1.165, 1.54) is 0 Å². The fourth-order valence-electron chi connectivity index (χ4n) is 0.799. The molecular weight excluding hydrogens is 182 g/mol. The van der Waals surface area contributed by atoms with Crippen molar-refractivity contribution in [3.8, 4) is 0 Å². The summed E-state index contributed by atoms with van der Waals surface area (Å²) in [5.74, 6) is 0. The molecule has 0 heterocycles. The number of aliphatic hydroxyl groups is 2. The average molecular weight is 195 g/mol.